The first-order valence-electron chi connectivity index (χ1n) is 8.48. The van der Waals surface area contributed by atoms with Gasteiger partial charge in [0.05, 0.1) is 0 Å². The third-order valence-electron chi connectivity index (χ3n) is 5.17. The van der Waals surface area contributed by atoms with Crippen molar-refractivity contribution in [2.75, 3.05) is 26.2 Å². The molecule has 2 saturated heterocycles. The Labute approximate surface area is 127 Å². The molecule has 0 aromatic carbocycles. The Kier molecular flexibility index (Phi) is 4.61. The zero-order chi connectivity index (χ0) is 14.7. The Morgan fingerprint density at radius 1 is 0.952 bits per heavy atom. The number of rotatable bonds is 2. The van der Waals surface area contributed by atoms with E-state index in [0.717, 1.165) is 51.9 Å². The molecule has 116 valence electrons. The fourth-order valence-electron chi connectivity index (χ4n) is 3.85. The number of amides is 2. The van der Waals surface area contributed by atoms with Gasteiger partial charge >= 0.3 is 0 Å². The van der Waals surface area contributed by atoms with Gasteiger partial charge in [0, 0.05) is 26.2 Å². The Balaban J connectivity index is 1.53. The van der Waals surface area contributed by atoms with Gasteiger partial charge in [0.25, 0.3) is 0 Å². The average Bonchev–Trinajstić information content (AvgIpc) is 2.55. The zero-order valence-electron chi connectivity index (χ0n) is 12.9. The molecule has 0 saturated carbocycles. The Morgan fingerprint density at radius 2 is 1.71 bits per heavy atom. The van der Waals surface area contributed by atoms with Crippen LogP contribution in [-0.2, 0) is 9.59 Å². The minimum Gasteiger partial charge on any atom is -0.342 e. The van der Waals surface area contributed by atoms with Crippen LogP contribution in [0.4, 0.5) is 0 Å². The second-order valence-corrected chi connectivity index (χ2v) is 6.63. The normalized spacial score (nSPS) is 26.1. The summed E-state index contributed by atoms with van der Waals surface area (Å²) >= 11 is 0. The monoisotopic (exact) mass is 290 g/mol. The van der Waals surface area contributed by atoms with Crippen molar-refractivity contribution < 1.29 is 9.59 Å². The van der Waals surface area contributed by atoms with Crippen LogP contribution in [0, 0.1) is 5.92 Å². The molecule has 1 aliphatic carbocycles. The van der Waals surface area contributed by atoms with Crippen LogP contribution in [-0.4, -0.2) is 47.8 Å². The van der Waals surface area contributed by atoms with Crippen LogP contribution in [0.5, 0.6) is 0 Å². The van der Waals surface area contributed by atoms with Crippen molar-refractivity contribution in [3.63, 3.8) is 0 Å². The maximum atomic E-state index is 12.4. The van der Waals surface area contributed by atoms with E-state index in [0.29, 0.717) is 5.92 Å². The number of hydrogen-bond donors (Lipinski definition) is 0. The maximum absolute atomic E-state index is 12.4. The third-order valence-corrected chi connectivity index (χ3v) is 5.17. The van der Waals surface area contributed by atoms with Gasteiger partial charge in [-0.15, -0.1) is 0 Å². The van der Waals surface area contributed by atoms with Gasteiger partial charge in [-0.3, -0.25) is 9.59 Å². The summed E-state index contributed by atoms with van der Waals surface area (Å²) in [6, 6.07) is 0. The van der Waals surface area contributed by atoms with Crippen molar-refractivity contribution in [3.05, 3.63) is 11.6 Å². The molecule has 3 aliphatic rings. The molecule has 4 nitrogen and oxygen atoms in total. The molecule has 0 radical (unpaired) electrons. The van der Waals surface area contributed by atoms with E-state index in [9.17, 15) is 9.59 Å². The van der Waals surface area contributed by atoms with Crippen LogP contribution >= 0.6 is 0 Å². The number of nitrogens with zero attached hydrogens (tertiary/aromatic N) is 2. The van der Waals surface area contributed by atoms with E-state index < -0.39 is 0 Å². The molecule has 3 rings (SSSR count). The maximum Gasteiger partial charge on any atom is 0.232 e. The number of fused-ring (bicyclic) bond motifs is 1. The highest BCUT2D eigenvalue weighted by atomic mass is 16.2. The predicted molar refractivity (Wildman–Crippen MR) is 81.7 cm³/mol. The highest BCUT2D eigenvalue weighted by molar-refractivity contribution is 5.97. The van der Waals surface area contributed by atoms with E-state index >= 15 is 0 Å². The van der Waals surface area contributed by atoms with Crippen molar-refractivity contribution in [3.8, 4) is 0 Å². The molecule has 0 N–H and O–H groups in total. The molecule has 2 aliphatic heterocycles. The van der Waals surface area contributed by atoms with Crippen molar-refractivity contribution >= 4 is 11.8 Å². The molecule has 2 fully saturated rings. The van der Waals surface area contributed by atoms with E-state index in [1.54, 1.807) is 0 Å². The van der Waals surface area contributed by atoms with Crippen LogP contribution in [0.2, 0.25) is 0 Å². The summed E-state index contributed by atoms with van der Waals surface area (Å²) < 4.78 is 0. The number of likely N-dealkylation sites (tertiary alicyclic amines) is 2. The first-order valence-corrected chi connectivity index (χ1v) is 8.48. The summed E-state index contributed by atoms with van der Waals surface area (Å²) in [6.45, 7) is 3.25. The second kappa shape index (κ2) is 6.63. The zero-order valence-corrected chi connectivity index (χ0v) is 12.9. The van der Waals surface area contributed by atoms with Crippen molar-refractivity contribution in [1.82, 2.24) is 9.80 Å². The highest BCUT2D eigenvalue weighted by Crippen LogP contribution is 2.32. The average molecular weight is 290 g/mol. The second-order valence-electron chi connectivity index (χ2n) is 6.63. The van der Waals surface area contributed by atoms with Crippen molar-refractivity contribution in [2.45, 2.75) is 51.4 Å². The Bertz CT molecular complexity index is 438. The minimum atomic E-state index is 0.0236. The Morgan fingerprint density at radius 3 is 2.52 bits per heavy atom. The summed E-state index contributed by atoms with van der Waals surface area (Å²) in [5.74, 6) is 0.746. The van der Waals surface area contributed by atoms with E-state index in [4.69, 9.17) is 0 Å². The quantitative estimate of drug-likeness (QED) is 0.578. The van der Waals surface area contributed by atoms with Crippen LogP contribution in [0.25, 0.3) is 0 Å². The number of allylic oxidation sites excluding steroid dienone is 1. The van der Waals surface area contributed by atoms with Crippen molar-refractivity contribution in [1.29, 1.82) is 0 Å². The molecule has 1 unspecified atom stereocenters. The molecule has 4 heteroatoms. The SMILES string of the molecule is O=C(CC(=O)N1CCC2CCCC=C2C1)N1CCCCC1. The first-order chi connectivity index (χ1) is 10.2. The van der Waals surface area contributed by atoms with E-state index in [-0.39, 0.29) is 18.2 Å². The van der Waals surface area contributed by atoms with Gasteiger partial charge in [0.15, 0.2) is 0 Å². The molecular weight excluding hydrogens is 264 g/mol. The van der Waals surface area contributed by atoms with Crippen LogP contribution in [0.3, 0.4) is 0 Å². The van der Waals surface area contributed by atoms with E-state index in [2.05, 4.69) is 6.08 Å². The number of carbonyl (C=O) groups is 2. The summed E-state index contributed by atoms with van der Waals surface area (Å²) in [5, 5.41) is 0. The van der Waals surface area contributed by atoms with E-state index in [1.807, 2.05) is 9.80 Å². The van der Waals surface area contributed by atoms with Gasteiger partial charge in [-0.2, -0.15) is 0 Å². The Hall–Kier alpha value is -1.32. The molecule has 0 bridgehead atoms. The van der Waals surface area contributed by atoms with Crippen LogP contribution in [0.1, 0.15) is 51.4 Å². The van der Waals surface area contributed by atoms with Gasteiger partial charge in [0.1, 0.15) is 6.42 Å². The van der Waals surface area contributed by atoms with E-state index in [1.165, 1.54) is 24.8 Å². The van der Waals surface area contributed by atoms with Gasteiger partial charge in [-0.25, -0.2) is 0 Å². The van der Waals surface area contributed by atoms with Gasteiger partial charge in [-0.1, -0.05) is 11.6 Å². The molecule has 2 amide bonds. The lowest BCUT2D eigenvalue weighted by Gasteiger charge is -2.36. The molecule has 1 atom stereocenters. The third kappa shape index (κ3) is 3.47. The van der Waals surface area contributed by atoms with Gasteiger partial charge in [-0.05, 0) is 50.9 Å². The number of hydrogen-bond acceptors (Lipinski definition) is 2. The topological polar surface area (TPSA) is 40.6 Å². The molecule has 0 aromatic heterocycles. The lowest BCUT2D eigenvalue weighted by atomic mass is 9.82. The minimum absolute atomic E-state index is 0.0236. The summed E-state index contributed by atoms with van der Waals surface area (Å²) in [4.78, 5) is 28.3. The predicted octanol–water partition coefficient (Wildman–Crippen LogP) is 2.35. The van der Waals surface area contributed by atoms with Gasteiger partial charge in [0.2, 0.25) is 11.8 Å². The van der Waals surface area contributed by atoms with Crippen LogP contribution < -0.4 is 0 Å². The molecule has 0 spiro atoms. The molecular formula is C17H26N2O2. The molecule has 0 aromatic rings. The lowest BCUT2D eigenvalue weighted by Crippen LogP contribution is -2.44. The smallest absolute Gasteiger partial charge is 0.232 e. The van der Waals surface area contributed by atoms with Crippen molar-refractivity contribution in [2.24, 2.45) is 5.92 Å². The molecule has 2 heterocycles. The number of piperidine rings is 2. The number of carbonyl (C=O) groups excluding carboxylic acids is 2. The van der Waals surface area contributed by atoms with Crippen LogP contribution in [0.15, 0.2) is 11.6 Å². The van der Waals surface area contributed by atoms with Gasteiger partial charge < -0.3 is 9.80 Å². The standard InChI is InChI=1S/C17H26N2O2/c20-16(18-9-4-1-5-10-18)12-17(21)19-11-8-14-6-2-3-7-15(14)13-19/h7,14H,1-6,8-13H2. The summed E-state index contributed by atoms with van der Waals surface area (Å²) in [6.07, 6.45) is 10.6. The highest BCUT2D eigenvalue weighted by Gasteiger charge is 2.29. The lowest BCUT2D eigenvalue weighted by molar-refractivity contribution is -0.141. The molecule has 21 heavy (non-hydrogen) atoms. The largest absolute Gasteiger partial charge is 0.342 e. The fraction of sp³-hybridized carbons (Fsp3) is 0.765. The first kappa shape index (κ1) is 14.6. The summed E-state index contributed by atoms with van der Waals surface area (Å²) in [7, 11) is 0. The summed E-state index contributed by atoms with van der Waals surface area (Å²) in [5.41, 5.74) is 1.44. The fourth-order valence-corrected chi connectivity index (χ4v) is 3.85.